The van der Waals surface area contributed by atoms with Gasteiger partial charge in [0.15, 0.2) is 6.61 Å². The second-order valence-electron chi connectivity index (χ2n) is 6.53. The number of rotatable bonds is 8. The van der Waals surface area contributed by atoms with Crippen LogP contribution in [0, 0.1) is 5.92 Å². The van der Waals surface area contributed by atoms with Crippen molar-refractivity contribution >= 4 is 23.3 Å². The first-order chi connectivity index (χ1) is 11.5. The summed E-state index contributed by atoms with van der Waals surface area (Å²) in [4.78, 5) is 23.1. The molecule has 0 saturated carbocycles. The molecule has 3 amide bonds. The predicted molar refractivity (Wildman–Crippen MR) is 95.5 cm³/mol. The van der Waals surface area contributed by atoms with Crippen LogP contribution in [0.3, 0.4) is 0 Å². The first-order valence-corrected chi connectivity index (χ1v) is 8.66. The summed E-state index contributed by atoms with van der Waals surface area (Å²) in [6, 6.07) is 4.94. The Labute approximate surface area is 143 Å². The molecule has 2 rings (SSSR count). The zero-order valence-corrected chi connectivity index (χ0v) is 14.5. The third kappa shape index (κ3) is 6.10. The lowest BCUT2D eigenvalue weighted by Gasteiger charge is -2.18. The molecule has 6 nitrogen and oxygen atoms in total. The van der Waals surface area contributed by atoms with E-state index >= 15 is 0 Å². The number of carbonyl (C=O) groups excluding carboxylic acids is 2. The summed E-state index contributed by atoms with van der Waals surface area (Å²) in [7, 11) is 0. The van der Waals surface area contributed by atoms with E-state index in [0.29, 0.717) is 23.7 Å². The number of hydrogen-bond acceptors (Lipinski definition) is 3. The number of anilines is 2. The molecule has 0 aromatic heterocycles. The van der Waals surface area contributed by atoms with Crippen molar-refractivity contribution in [2.24, 2.45) is 5.92 Å². The molecule has 1 aromatic rings. The van der Waals surface area contributed by atoms with Gasteiger partial charge in [-0.2, -0.15) is 0 Å². The smallest absolute Gasteiger partial charge is 0.319 e. The summed E-state index contributed by atoms with van der Waals surface area (Å²) in [6.45, 7) is 5.15. The second kappa shape index (κ2) is 9.15. The summed E-state index contributed by atoms with van der Waals surface area (Å²) in [5, 5.41) is 8.35. The number of benzene rings is 1. The van der Waals surface area contributed by atoms with Crippen LogP contribution in [0.5, 0.6) is 5.75 Å². The molecule has 0 aliphatic carbocycles. The lowest BCUT2D eigenvalue weighted by molar-refractivity contribution is -0.118. The Morgan fingerprint density at radius 3 is 2.83 bits per heavy atom. The minimum atomic E-state index is -0.225. The van der Waals surface area contributed by atoms with Crippen molar-refractivity contribution in [3.63, 3.8) is 0 Å². The molecule has 1 aliphatic rings. The molecular weight excluding hydrogens is 306 g/mol. The quantitative estimate of drug-likeness (QED) is 0.634. The number of hydrogen-bond donors (Lipinski definition) is 3. The maximum Gasteiger partial charge on any atom is 0.319 e. The van der Waals surface area contributed by atoms with Gasteiger partial charge in [0.05, 0.1) is 5.69 Å². The van der Waals surface area contributed by atoms with E-state index in [1.165, 1.54) is 19.3 Å². The number of nitrogens with one attached hydrogen (secondary N) is 3. The molecule has 1 aliphatic heterocycles. The molecular formula is C18H27N3O3. The van der Waals surface area contributed by atoms with Crippen LogP contribution in [0.2, 0.25) is 0 Å². The highest BCUT2D eigenvalue weighted by atomic mass is 16.5. The highest BCUT2D eigenvalue weighted by Crippen LogP contribution is 2.30. The average Bonchev–Trinajstić information content (AvgIpc) is 2.54. The van der Waals surface area contributed by atoms with Gasteiger partial charge in [-0.05, 0) is 24.5 Å². The van der Waals surface area contributed by atoms with Crippen LogP contribution in [0.15, 0.2) is 18.2 Å². The minimum Gasteiger partial charge on any atom is -0.482 e. The highest BCUT2D eigenvalue weighted by Gasteiger charge is 2.16. The van der Waals surface area contributed by atoms with Crippen molar-refractivity contribution in [2.75, 3.05) is 23.8 Å². The van der Waals surface area contributed by atoms with E-state index in [0.717, 1.165) is 18.8 Å². The van der Waals surface area contributed by atoms with Crippen LogP contribution in [-0.2, 0) is 4.79 Å². The number of unbranched alkanes of at least 4 members (excludes halogenated alkanes) is 3. The Bertz CT molecular complexity index is 573. The molecule has 0 bridgehead atoms. The zero-order chi connectivity index (χ0) is 17.4. The molecule has 0 spiro atoms. The maximum absolute atomic E-state index is 11.9. The van der Waals surface area contributed by atoms with Crippen molar-refractivity contribution < 1.29 is 14.3 Å². The van der Waals surface area contributed by atoms with Crippen molar-refractivity contribution in [1.82, 2.24) is 5.32 Å². The van der Waals surface area contributed by atoms with Gasteiger partial charge >= 0.3 is 6.03 Å². The Balaban J connectivity index is 1.65. The van der Waals surface area contributed by atoms with Gasteiger partial charge in [-0.3, -0.25) is 4.79 Å². The van der Waals surface area contributed by atoms with Gasteiger partial charge in [0.1, 0.15) is 5.75 Å². The molecule has 6 heteroatoms. The first kappa shape index (κ1) is 18.1. The van der Waals surface area contributed by atoms with Crippen LogP contribution < -0.4 is 20.7 Å². The third-order valence-electron chi connectivity index (χ3n) is 3.87. The maximum atomic E-state index is 11.9. The summed E-state index contributed by atoms with van der Waals surface area (Å²) < 4.78 is 5.33. The monoisotopic (exact) mass is 333 g/mol. The molecule has 3 N–H and O–H groups in total. The second-order valence-corrected chi connectivity index (χ2v) is 6.53. The SMILES string of the molecule is CC(C)CCCCCCNC(=O)Nc1ccc2c(c1)OCC(=O)N2. The number of ether oxygens (including phenoxy) is 1. The molecule has 1 heterocycles. The van der Waals surface area contributed by atoms with Gasteiger partial charge in [-0.25, -0.2) is 4.79 Å². The van der Waals surface area contributed by atoms with E-state index in [9.17, 15) is 9.59 Å². The van der Waals surface area contributed by atoms with Crippen LogP contribution in [0.25, 0.3) is 0 Å². The van der Waals surface area contributed by atoms with Gasteiger partial charge in [0, 0.05) is 18.3 Å². The van der Waals surface area contributed by atoms with Gasteiger partial charge in [-0.1, -0.05) is 39.5 Å². The van der Waals surface area contributed by atoms with Gasteiger partial charge < -0.3 is 20.7 Å². The molecule has 24 heavy (non-hydrogen) atoms. The van der Waals surface area contributed by atoms with E-state index in [1.54, 1.807) is 18.2 Å². The van der Waals surface area contributed by atoms with E-state index in [2.05, 4.69) is 29.8 Å². The van der Waals surface area contributed by atoms with Crippen LogP contribution >= 0.6 is 0 Å². The Hall–Kier alpha value is -2.24. The number of urea groups is 1. The van der Waals surface area contributed by atoms with Crippen LogP contribution in [0.4, 0.5) is 16.2 Å². The van der Waals surface area contributed by atoms with Crippen molar-refractivity contribution in [3.05, 3.63) is 18.2 Å². The summed E-state index contributed by atoms with van der Waals surface area (Å²) in [6.07, 6.45) is 5.88. The Morgan fingerprint density at radius 1 is 1.25 bits per heavy atom. The van der Waals surface area contributed by atoms with Gasteiger partial charge in [-0.15, -0.1) is 0 Å². The fourth-order valence-corrected chi connectivity index (χ4v) is 2.56. The Kier molecular flexibility index (Phi) is 6.90. The topological polar surface area (TPSA) is 79.5 Å². The average molecular weight is 333 g/mol. The van der Waals surface area contributed by atoms with Crippen LogP contribution in [0.1, 0.15) is 46.0 Å². The van der Waals surface area contributed by atoms with Crippen molar-refractivity contribution in [3.8, 4) is 5.75 Å². The molecule has 0 radical (unpaired) electrons. The highest BCUT2D eigenvalue weighted by molar-refractivity contribution is 5.96. The number of fused-ring (bicyclic) bond motifs is 1. The summed E-state index contributed by atoms with van der Waals surface area (Å²) >= 11 is 0. The predicted octanol–water partition coefficient (Wildman–Crippen LogP) is 3.75. The molecule has 0 unspecified atom stereocenters. The Morgan fingerprint density at radius 2 is 2.04 bits per heavy atom. The fraction of sp³-hybridized carbons (Fsp3) is 0.556. The summed E-state index contributed by atoms with van der Waals surface area (Å²) in [5.74, 6) is 1.16. The molecule has 0 atom stereocenters. The lowest BCUT2D eigenvalue weighted by Crippen LogP contribution is -2.30. The molecule has 0 saturated heterocycles. The summed E-state index contributed by atoms with van der Waals surface area (Å²) in [5.41, 5.74) is 1.26. The van der Waals surface area contributed by atoms with E-state index < -0.39 is 0 Å². The number of amides is 3. The van der Waals surface area contributed by atoms with E-state index in [4.69, 9.17) is 4.74 Å². The standard InChI is InChI=1S/C18H27N3O3/c1-13(2)7-5-3-4-6-10-19-18(23)20-14-8-9-15-16(11-14)24-12-17(22)21-15/h8-9,11,13H,3-7,10,12H2,1-2H3,(H,21,22)(H2,19,20,23). The molecule has 1 aromatic carbocycles. The van der Waals surface area contributed by atoms with Crippen molar-refractivity contribution in [1.29, 1.82) is 0 Å². The van der Waals surface area contributed by atoms with Gasteiger partial charge in [0.25, 0.3) is 5.91 Å². The van der Waals surface area contributed by atoms with E-state index in [1.807, 2.05) is 0 Å². The fourth-order valence-electron chi connectivity index (χ4n) is 2.56. The molecule has 0 fully saturated rings. The van der Waals surface area contributed by atoms with E-state index in [-0.39, 0.29) is 18.5 Å². The van der Waals surface area contributed by atoms with Crippen LogP contribution in [-0.4, -0.2) is 25.1 Å². The van der Waals surface area contributed by atoms with Gasteiger partial charge in [0.2, 0.25) is 0 Å². The lowest BCUT2D eigenvalue weighted by atomic mass is 10.0. The largest absolute Gasteiger partial charge is 0.482 e. The number of carbonyl (C=O) groups is 2. The minimum absolute atomic E-state index is 0.000537. The third-order valence-corrected chi connectivity index (χ3v) is 3.87. The zero-order valence-electron chi connectivity index (χ0n) is 14.5. The normalized spacial score (nSPS) is 13.0. The van der Waals surface area contributed by atoms with Crippen molar-refractivity contribution in [2.45, 2.75) is 46.0 Å². The first-order valence-electron chi connectivity index (χ1n) is 8.66. The molecule has 132 valence electrons.